The van der Waals surface area contributed by atoms with Crippen molar-refractivity contribution in [2.45, 2.75) is 0 Å². The van der Waals surface area contributed by atoms with Crippen LogP contribution in [0.1, 0.15) is 11.1 Å². The Labute approximate surface area is 122 Å². The van der Waals surface area contributed by atoms with Crippen LogP contribution in [0, 0.1) is 22.7 Å². The van der Waals surface area contributed by atoms with E-state index in [9.17, 15) is 0 Å². The Bertz CT molecular complexity index is 772. The fraction of sp³-hybridized carbons (Fsp3) is 0. The smallest absolute Gasteiger partial charge is 0.141 e. The highest BCUT2D eigenvalue weighted by atomic mass is 16.3. The summed E-state index contributed by atoms with van der Waals surface area (Å²) in [4.78, 5) is 0. The molecule has 0 aliphatic heterocycles. The molecule has 21 heavy (non-hydrogen) atoms. The van der Waals surface area contributed by atoms with Crippen LogP contribution in [-0.4, -0.2) is 0 Å². The quantitative estimate of drug-likeness (QED) is 0.695. The molecule has 0 radical (unpaired) electrons. The van der Waals surface area contributed by atoms with Crippen molar-refractivity contribution in [2.24, 2.45) is 0 Å². The van der Waals surface area contributed by atoms with E-state index in [4.69, 9.17) is 14.9 Å². The molecule has 0 aliphatic carbocycles. The first-order valence-electron chi connectivity index (χ1n) is 6.40. The molecule has 2 aromatic carbocycles. The maximum Gasteiger partial charge on any atom is 0.141 e. The second-order valence-electron chi connectivity index (χ2n) is 4.54. The minimum Gasteiger partial charge on any atom is -0.464 e. The highest BCUT2D eigenvalue weighted by Gasteiger charge is 2.11. The summed E-state index contributed by atoms with van der Waals surface area (Å²) in [7, 11) is 0. The zero-order valence-corrected chi connectivity index (χ0v) is 11.1. The molecule has 0 N–H and O–H groups in total. The summed E-state index contributed by atoms with van der Waals surface area (Å²) < 4.78 is 5.59. The van der Waals surface area contributed by atoms with Crippen LogP contribution in [0.5, 0.6) is 0 Å². The zero-order valence-electron chi connectivity index (χ0n) is 11.1. The number of benzene rings is 2. The van der Waals surface area contributed by atoms with Crippen molar-refractivity contribution >= 4 is 0 Å². The molecule has 0 amide bonds. The lowest BCUT2D eigenvalue weighted by atomic mass is 10.0. The SMILES string of the molecule is N#Cc1ccc(-c2ccoc2-c2ccc(C#N)cc2)cc1. The number of rotatable bonds is 2. The maximum absolute atomic E-state index is 8.85. The Morgan fingerprint density at radius 3 is 1.71 bits per heavy atom. The van der Waals surface area contributed by atoms with E-state index in [0.717, 1.165) is 22.5 Å². The summed E-state index contributed by atoms with van der Waals surface area (Å²) in [6.45, 7) is 0. The van der Waals surface area contributed by atoms with Crippen LogP contribution in [0.25, 0.3) is 22.5 Å². The molecule has 3 rings (SSSR count). The van der Waals surface area contributed by atoms with Gasteiger partial charge in [0.1, 0.15) is 5.76 Å². The fourth-order valence-corrected chi connectivity index (χ4v) is 2.18. The van der Waals surface area contributed by atoms with Crippen molar-refractivity contribution < 1.29 is 4.42 Å². The highest BCUT2D eigenvalue weighted by Crippen LogP contribution is 2.33. The van der Waals surface area contributed by atoms with E-state index >= 15 is 0 Å². The topological polar surface area (TPSA) is 60.7 Å². The Kier molecular flexibility index (Phi) is 3.25. The van der Waals surface area contributed by atoms with E-state index < -0.39 is 0 Å². The molecule has 0 spiro atoms. The number of furan rings is 1. The van der Waals surface area contributed by atoms with Gasteiger partial charge in [-0.05, 0) is 48.0 Å². The lowest BCUT2D eigenvalue weighted by Crippen LogP contribution is -1.82. The monoisotopic (exact) mass is 270 g/mol. The molecule has 0 fully saturated rings. The molecule has 3 nitrogen and oxygen atoms in total. The van der Waals surface area contributed by atoms with Gasteiger partial charge in [-0.25, -0.2) is 0 Å². The van der Waals surface area contributed by atoms with Gasteiger partial charge < -0.3 is 4.42 Å². The molecule has 0 saturated carbocycles. The third kappa shape index (κ3) is 2.41. The van der Waals surface area contributed by atoms with E-state index in [-0.39, 0.29) is 0 Å². The second-order valence-corrected chi connectivity index (χ2v) is 4.54. The van der Waals surface area contributed by atoms with Crippen molar-refractivity contribution in [1.29, 1.82) is 10.5 Å². The normalized spacial score (nSPS) is 9.81. The molecule has 0 aliphatic rings. The third-order valence-corrected chi connectivity index (χ3v) is 3.27. The van der Waals surface area contributed by atoms with Crippen molar-refractivity contribution in [1.82, 2.24) is 0 Å². The van der Waals surface area contributed by atoms with Gasteiger partial charge in [0.25, 0.3) is 0 Å². The van der Waals surface area contributed by atoms with Crippen LogP contribution in [0.15, 0.2) is 65.3 Å². The van der Waals surface area contributed by atoms with Crippen LogP contribution in [-0.2, 0) is 0 Å². The molecular weight excluding hydrogens is 260 g/mol. The summed E-state index contributed by atoms with van der Waals surface area (Å²) in [5.74, 6) is 0.754. The van der Waals surface area contributed by atoms with Gasteiger partial charge in [0.05, 0.1) is 29.5 Å². The fourth-order valence-electron chi connectivity index (χ4n) is 2.18. The Balaban J connectivity index is 2.03. The second kappa shape index (κ2) is 5.36. The molecular formula is C18H10N2O. The Morgan fingerprint density at radius 1 is 0.667 bits per heavy atom. The number of hydrogen-bond donors (Lipinski definition) is 0. The molecule has 0 atom stereocenters. The van der Waals surface area contributed by atoms with Gasteiger partial charge in [0.15, 0.2) is 0 Å². The average Bonchev–Trinajstić information content (AvgIpc) is 3.04. The van der Waals surface area contributed by atoms with Gasteiger partial charge in [-0.2, -0.15) is 10.5 Å². The summed E-state index contributed by atoms with van der Waals surface area (Å²) >= 11 is 0. The van der Waals surface area contributed by atoms with Crippen LogP contribution in [0.2, 0.25) is 0 Å². The number of hydrogen-bond acceptors (Lipinski definition) is 3. The van der Waals surface area contributed by atoms with E-state index in [1.807, 2.05) is 30.3 Å². The van der Waals surface area contributed by atoms with E-state index in [1.165, 1.54) is 0 Å². The summed E-state index contributed by atoms with van der Waals surface area (Å²) in [6.07, 6.45) is 1.64. The van der Waals surface area contributed by atoms with Crippen molar-refractivity contribution in [3.8, 4) is 34.6 Å². The average molecular weight is 270 g/mol. The summed E-state index contributed by atoms with van der Waals surface area (Å²) in [5.41, 5.74) is 4.11. The van der Waals surface area contributed by atoms with Gasteiger partial charge in [-0.1, -0.05) is 12.1 Å². The largest absolute Gasteiger partial charge is 0.464 e. The number of nitriles is 2. The first-order chi connectivity index (χ1) is 10.3. The lowest BCUT2D eigenvalue weighted by Gasteiger charge is -2.03. The molecule has 98 valence electrons. The van der Waals surface area contributed by atoms with E-state index in [1.54, 1.807) is 30.5 Å². The van der Waals surface area contributed by atoms with E-state index in [2.05, 4.69) is 12.1 Å². The van der Waals surface area contributed by atoms with Crippen LogP contribution < -0.4 is 0 Å². The van der Waals surface area contributed by atoms with Crippen LogP contribution >= 0.6 is 0 Å². The van der Waals surface area contributed by atoms with Gasteiger partial charge in [0.2, 0.25) is 0 Å². The molecule has 1 aromatic heterocycles. The van der Waals surface area contributed by atoms with Crippen molar-refractivity contribution in [3.63, 3.8) is 0 Å². The lowest BCUT2D eigenvalue weighted by molar-refractivity contribution is 0.583. The maximum atomic E-state index is 8.85. The standard InChI is InChI=1S/C18H10N2O/c19-11-13-1-5-15(6-2-13)17-9-10-21-18(17)16-7-3-14(12-20)4-8-16/h1-10H. The third-order valence-electron chi connectivity index (χ3n) is 3.27. The first kappa shape index (κ1) is 12.7. The minimum absolute atomic E-state index is 0.616. The molecule has 3 heteroatoms. The molecule has 3 aromatic rings. The highest BCUT2D eigenvalue weighted by molar-refractivity contribution is 5.80. The number of nitrogens with zero attached hydrogens (tertiary/aromatic N) is 2. The van der Waals surface area contributed by atoms with Crippen molar-refractivity contribution in [2.75, 3.05) is 0 Å². The van der Waals surface area contributed by atoms with Crippen molar-refractivity contribution in [3.05, 3.63) is 72.0 Å². The van der Waals surface area contributed by atoms with Gasteiger partial charge in [0, 0.05) is 11.1 Å². The van der Waals surface area contributed by atoms with Gasteiger partial charge in [-0.3, -0.25) is 0 Å². The zero-order chi connectivity index (χ0) is 14.7. The molecule has 1 heterocycles. The molecule has 0 bridgehead atoms. The minimum atomic E-state index is 0.616. The van der Waals surface area contributed by atoms with Crippen LogP contribution in [0.3, 0.4) is 0 Å². The van der Waals surface area contributed by atoms with Crippen LogP contribution in [0.4, 0.5) is 0 Å². The Hall–Kier alpha value is -3.30. The Morgan fingerprint density at radius 2 is 1.19 bits per heavy atom. The predicted octanol–water partition coefficient (Wildman–Crippen LogP) is 4.36. The summed E-state index contributed by atoms with van der Waals surface area (Å²) in [6, 6.07) is 20.7. The summed E-state index contributed by atoms with van der Waals surface area (Å²) in [5, 5.41) is 17.7. The predicted molar refractivity (Wildman–Crippen MR) is 79.0 cm³/mol. The van der Waals surface area contributed by atoms with Gasteiger partial charge >= 0.3 is 0 Å². The van der Waals surface area contributed by atoms with E-state index in [0.29, 0.717) is 11.1 Å². The molecule has 0 unspecified atom stereocenters. The first-order valence-corrected chi connectivity index (χ1v) is 6.40. The molecule has 0 saturated heterocycles. The van der Waals surface area contributed by atoms with Gasteiger partial charge in [-0.15, -0.1) is 0 Å².